The average molecular weight is 383 g/mol. The van der Waals surface area contributed by atoms with Crippen LogP contribution in [0.4, 0.5) is 10.5 Å². The number of carbonyl (C=O) groups excluding carboxylic acids is 3. The number of hydrogen-bond acceptors (Lipinski definition) is 6. The van der Waals surface area contributed by atoms with Crippen LogP contribution in [0.25, 0.3) is 6.08 Å². The van der Waals surface area contributed by atoms with Gasteiger partial charge in [0.15, 0.2) is 6.61 Å². The lowest BCUT2D eigenvalue weighted by molar-refractivity contribution is -0.145. The molecule has 0 N–H and O–H groups in total. The van der Waals surface area contributed by atoms with E-state index in [1.54, 1.807) is 61.5 Å². The first kappa shape index (κ1) is 18.7. The third-order valence-electron chi connectivity index (χ3n) is 3.65. The number of rotatable bonds is 6. The number of anilines is 1. The Balaban J connectivity index is 1.69. The van der Waals surface area contributed by atoms with E-state index in [0.29, 0.717) is 22.9 Å². The highest BCUT2D eigenvalue weighted by atomic mass is 32.2. The number of thioether (sulfide) groups is 1. The van der Waals surface area contributed by atoms with Crippen molar-refractivity contribution >= 4 is 40.6 Å². The molecule has 7 heteroatoms. The maximum Gasteiger partial charge on any atom is 0.344 e. The van der Waals surface area contributed by atoms with Gasteiger partial charge in [0, 0.05) is 0 Å². The molecule has 0 saturated carbocycles. The van der Waals surface area contributed by atoms with Crippen molar-refractivity contribution in [3.8, 4) is 5.75 Å². The van der Waals surface area contributed by atoms with Crippen LogP contribution >= 0.6 is 11.8 Å². The van der Waals surface area contributed by atoms with Crippen LogP contribution < -0.4 is 9.64 Å². The van der Waals surface area contributed by atoms with Gasteiger partial charge in [0.1, 0.15) is 5.75 Å². The Bertz CT molecular complexity index is 877. The molecule has 1 saturated heterocycles. The van der Waals surface area contributed by atoms with Gasteiger partial charge in [-0.15, -0.1) is 0 Å². The summed E-state index contributed by atoms with van der Waals surface area (Å²) in [7, 11) is 0. The summed E-state index contributed by atoms with van der Waals surface area (Å²) in [6.45, 7) is 1.87. The second-order valence-corrected chi connectivity index (χ2v) is 6.51. The van der Waals surface area contributed by atoms with E-state index in [1.807, 2.05) is 6.07 Å². The van der Waals surface area contributed by atoms with E-state index in [1.165, 1.54) is 0 Å². The van der Waals surface area contributed by atoms with Gasteiger partial charge in [-0.25, -0.2) is 9.69 Å². The normalized spacial score (nSPS) is 15.3. The molecule has 138 valence electrons. The smallest absolute Gasteiger partial charge is 0.344 e. The number of esters is 1. The quantitative estimate of drug-likeness (QED) is 0.557. The molecule has 27 heavy (non-hydrogen) atoms. The molecule has 2 aromatic rings. The van der Waals surface area contributed by atoms with Gasteiger partial charge in [0.05, 0.1) is 17.2 Å². The van der Waals surface area contributed by atoms with Gasteiger partial charge in [0.2, 0.25) is 0 Å². The monoisotopic (exact) mass is 383 g/mol. The SMILES string of the molecule is CCOC(=O)COc1ccc(C=C2SC(=O)N(c3ccccc3)C2=O)cc1. The summed E-state index contributed by atoms with van der Waals surface area (Å²) in [4.78, 5) is 37.6. The predicted molar refractivity (Wildman–Crippen MR) is 103 cm³/mol. The van der Waals surface area contributed by atoms with Crippen molar-refractivity contribution < 1.29 is 23.9 Å². The first-order valence-electron chi connectivity index (χ1n) is 8.30. The number of imide groups is 1. The average Bonchev–Trinajstić information content (AvgIpc) is 2.95. The number of benzene rings is 2. The lowest BCUT2D eigenvalue weighted by atomic mass is 10.2. The molecular formula is C20H17NO5S. The summed E-state index contributed by atoms with van der Waals surface area (Å²) >= 11 is 0.901. The molecule has 2 aromatic carbocycles. The molecule has 0 spiro atoms. The molecule has 3 rings (SSSR count). The van der Waals surface area contributed by atoms with Gasteiger partial charge >= 0.3 is 5.97 Å². The highest BCUT2D eigenvalue weighted by Crippen LogP contribution is 2.35. The molecule has 0 atom stereocenters. The molecule has 0 bridgehead atoms. The maximum atomic E-state index is 12.6. The minimum absolute atomic E-state index is 0.164. The van der Waals surface area contributed by atoms with E-state index in [-0.39, 0.29) is 17.8 Å². The van der Waals surface area contributed by atoms with Crippen molar-refractivity contribution in [2.75, 3.05) is 18.1 Å². The number of carbonyl (C=O) groups is 3. The molecule has 2 amide bonds. The minimum atomic E-state index is -0.434. The van der Waals surface area contributed by atoms with E-state index in [2.05, 4.69) is 0 Å². The predicted octanol–water partition coefficient (Wildman–Crippen LogP) is 3.87. The lowest BCUT2D eigenvalue weighted by Crippen LogP contribution is -2.27. The molecule has 0 unspecified atom stereocenters. The van der Waals surface area contributed by atoms with Crippen LogP contribution in [-0.4, -0.2) is 30.3 Å². The number of nitrogens with zero attached hydrogens (tertiary/aromatic N) is 1. The summed E-state index contributed by atoms with van der Waals surface area (Å²) in [6.07, 6.45) is 1.66. The Kier molecular flexibility index (Phi) is 5.93. The standard InChI is InChI=1S/C20H17NO5S/c1-2-25-18(22)13-26-16-10-8-14(9-11-16)12-17-19(23)21(20(24)27-17)15-6-4-3-5-7-15/h3-12H,2,13H2,1H3. The van der Waals surface area contributed by atoms with E-state index in [0.717, 1.165) is 22.2 Å². The minimum Gasteiger partial charge on any atom is -0.482 e. The van der Waals surface area contributed by atoms with Crippen molar-refractivity contribution in [2.45, 2.75) is 6.92 Å². The maximum absolute atomic E-state index is 12.6. The van der Waals surface area contributed by atoms with Gasteiger partial charge in [-0.1, -0.05) is 30.3 Å². The van der Waals surface area contributed by atoms with Crippen LogP contribution in [0, 0.1) is 0 Å². The Morgan fingerprint density at radius 2 is 1.78 bits per heavy atom. The number of hydrogen-bond donors (Lipinski definition) is 0. The molecule has 1 heterocycles. The van der Waals surface area contributed by atoms with Crippen molar-refractivity contribution in [2.24, 2.45) is 0 Å². The highest BCUT2D eigenvalue weighted by molar-refractivity contribution is 8.19. The fraction of sp³-hybridized carbons (Fsp3) is 0.150. The zero-order valence-corrected chi connectivity index (χ0v) is 15.4. The molecule has 0 aromatic heterocycles. The van der Waals surface area contributed by atoms with Crippen molar-refractivity contribution in [3.05, 3.63) is 65.1 Å². The summed E-state index contributed by atoms with van der Waals surface area (Å²) in [5.74, 6) is -0.271. The van der Waals surface area contributed by atoms with E-state index in [4.69, 9.17) is 9.47 Å². The van der Waals surface area contributed by atoms with Crippen LogP contribution in [0.15, 0.2) is 59.5 Å². The topological polar surface area (TPSA) is 72.9 Å². The van der Waals surface area contributed by atoms with E-state index >= 15 is 0 Å². The van der Waals surface area contributed by atoms with Crippen LogP contribution in [0.5, 0.6) is 5.75 Å². The second-order valence-electron chi connectivity index (χ2n) is 5.52. The number of para-hydroxylation sites is 1. The van der Waals surface area contributed by atoms with Gasteiger partial charge in [0.25, 0.3) is 11.1 Å². The molecule has 1 fully saturated rings. The lowest BCUT2D eigenvalue weighted by Gasteiger charge is -2.11. The fourth-order valence-corrected chi connectivity index (χ4v) is 3.27. The third-order valence-corrected chi connectivity index (χ3v) is 4.52. The summed E-state index contributed by atoms with van der Waals surface area (Å²) < 4.78 is 10.1. The Morgan fingerprint density at radius 1 is 1.07 bits per heavy atom. The van der Waals surface area contributed by atoms with Gasteiger partial charge in [-0.2, -0.15) is 0 Å². The fourth-order valence-electron chi connectivity index (χ4n) is 2.42. The molecule has 0 aliphatic carbocycles. The number of amides is 2. The molecule has 6 nitrogen and oxygen atoms in total. The van der Waals surface area contributed by atoms with Crippen molar-refractivity contribution in [1.82, 2.24) is 0 Å². The van der Waals surface area contributed by atoms with Crippen LogP contribution in [0.1, 0.15) is 12.5 Å². The molecule has 1 aliphatic rings. The summed E-state index contributed by atoms with van der Waals surface area (Å²) in [6, 6.07) is 15.7. The van der Waals surface area contributed by atoms with E-state index < -0.39 is 5.97 Å². The summed E-state index contributed by atoms with van der Waals surface area (Å²) in [5.41, 5.74) is 1.29. The zero-order valence-electron chi connectivity index (χ0n) is 14.6. The van der Waals surface area contributed by atoms with Gasteiger partial charge in [-0.3, -0.25) is 9.59 Å². The first-order chi connectivity index (χ1) is 13.1. The van der Waals surface area contributed by atoms with Crippen molar-refractivity contribution in [3.63, 3.8) is 0 Å². The Morgan fingerprint density at radius 3 is 2.44 bits per heavy atom. The molecule has 0 radical (unpaired) electrons. The Hall–Kier alpha value is -3.06. The first-order valence-corrected chi connectivity index (χ1v) is 9.11. The van der Waals surface area contributed by atoms with Crippen molar-refractivity contribution in [1.29, 1.82) is 0 Å². The zero-order chi connectivity index (χ0) is 19.2. The second kappa shape index (κ2) is 8.55. The molecule has 1 aliphatic heterocycles. The van der Waals surface area contributed by atoms with Crippen LogP contribution in [-0.2, 0) is 14.3 Å². The number of ether oxygens (including phenoxy) is 2. The molecular weight excluding hydrogens is 366 g/mol. The van der Waals surface area contributed by atoms with Gasteiger partial charge < -0.3 is 9.47 Å². The van der Waals surface area contributed by atoms with Gasteiger partial charge in [-0.05, 0) is 54.6 Å². The largest absolute Gasteiger partial charge is 0.482 e. The highest BCUT2D eigenvalue weighted by Gasteiger charge is 2.36. The Labute approximate surface area is 160 Å². The van der Waals surface area contributed by atoms with Crippen LogP contribution in [0.3, 0.4) is 0 Å². The van der Waals surface area contributed by atoms with Crippen LogP contribution in [0.2, 0.25) is 0 Å². The summed E-state index contributed by atoms with van der Waals surface area (Å²) in [5, 5.41) is -0.327. The third kappa shape index (κ3) is 4.57. The van der Waals surface area contributed by atoms with E-state index in [9.17, 15) is 14.4 Å².